The van der Waals surface area contributed by atoms with Crippen molar-refractivity contribution in [2.75, 3.05) is 4.72 Å². The highest BCUT2D eigenvalue weighted by Gasteiger charge is 2.20. The van der Waals surface area contributed by atoms with Crippen molar-refractivity contribution in [1.29, 1.82) is 0 Å². The van der Waals surface area contributed by atoms with Crippen molar-refractivity contribution >= 4 is 21.2 Å². The molecule has 0 saturated carbocycles. The van der Waals surface area contributed by atoms with Crippen LogP contribution in [-0.2, 0) is 23.0 Å². The molecule has 0 bridgehead atoms. The Hall–Kier alpha value is -2.61. The Labute approximate surface area is 146 Å². The first-order chi connectivity index (χ1) is 11.9. The first-order valence-corrected chi connectivity index (χ1v) is 9.55. The summed E-state index contributed by atoms with van der Waals surface area (Å²) < 4.78 is 30.8. The van der Waals surface area contributed by atoms with Crippen LogP contribution in [0, 0.1) is 6.92 Å². The van der Waals surface area contributed by atoms with Crippen molar-refractivity contribution in [3.63, 3.8) is 0 Å². The predicted octanol–water partition coefficient (Wildman–Crippen LogP) is 2.19. The summed E-state index contributed by atoms with van der Waals surface area (Å²) in [5.74, 6) is 0.633. The lowest BCUT2D eigenvalue weighted by Gasteiger charge is -2.07. The number of nitrogens with one attached hydrogen (secondary N) is 1. The van der Waals surface area contributed by atoms with E-state index in [4.69, 9.17) is 0 Å². The van der Waals surface area contributed by atoms with Crippen molar-refractivity contribution in [2.45, 2.75) is 38.6 Å². The summed E-state index contributed by atoms with van der Waals surface area (Å²) in [6, 6.07) is 8.49. The predicted molar refractivity (Wildman–Crippen MR) is 96.5 cm³/mol. The molecule has 0 fully saturated rings. The van der Waals surface area contributed by atoms with Gasteiger partial charge in [0.15, 0.2) is 0 Å². The Morgan fingerprint density at radius 2 is 1.96 bits per heavy atom. The van der Waals surface area contributed by atoms with Crippen LogP contribution in [0.3, 0.4) is 0 Å². The maximum Gasteiger partial charge on any atom is 0.291 e. The summed E-state index contributed by atoms with van der Waals surface area (Å²) in [5.41, 5.74) is 1.43. The minimum Gasteiger partial charge on any atom is -0.297 e. The van der Waals surface area contributed by atoms with Gasteiger partial charge in [-0.3, -0.25) is 13.9 Å². The highest BCUT2D eigenvalue weighted by molar-refractivity contribution is 7.92. The smallest absolute Gasteiger partial charge is 0.291 e. The van der Waals surface area contributed by atoms with Crippen LogP contribution in [0.15, 0.2) is 46.2 Å². The van der Waals surface area contributed by atoms with Crippen LogP contribution in [0.25, 0.3) is 5.52 Å². The molecule has 2 heterocycles. The summed E-state index contributed by atoms with van der Waals surface area (Å²) in [6.07, 6.45) is 2.02. The molecule has 0 aliphatic rings. The molecule has 0 spiro atoms. The molecule has 1 aromatic carbocycles. The van der Waals surface area contributed by atoms with E-state index in [1.807, 2.05) is 26.8 Å². The summed E-state index contributed by atoms with van der Waals surface area (Å²) in [7, 11) is -3.80. The molecule has 0 aliphatic heterocycles. The van der Waals surface area contributed by atoms with E-state index >= 15 is 0 Å². The first kappa shape index (κ1) is 17.2. The van der Waals surface area contributed by atoms with Gasteiger partial charge >= 0.3 is 0 Å². The lowest BCUT2D eigenvalue weighted by atomic mass is 10.2. The Bertz CT molecular complexity index is 1100. The normalized spacial score (nSPS) is 11.8. The van der Waals surface area contributed by atoms with E-state index in [9.17, 15) is 13.2 Å². The summed E-state index contributed by atoms with van der Waals surface area (Å²) in [5, 5.41) is 4.28. The number of aryl methyl sites for hydroxylation is 3. The molecule has 0 atom stereocenters. The number of fused-ring (bicyclic) bond motifs is 1. The molecule has 8 heteroatoms. The third kappa shape index (κ3) is 3.17. The second kappa shape index (κ2) is 6.36. The van der Waals surface area contributed by atoms with Gasteiger partial charge in [0.1, 0.15) is 16.2 Å². The number of aromatic nitrogens is 3. The van der Waals surface area contributed by atoms with E-state index in [2.05, 4.69) is 9.82 Å². The minimum absolute atomic E-state index is 0.0384. The van der Waals surface area contributed by atoms with E-state index in [0.29, 0.717) is 30.0 Å². The van der Waals surface area contributed by atoms with Crippen LogP contribution in [0.4, 0.5) is 5.69 Å². The summed E-state index contributed by atoms with van der Waals surface area (Å²) >= 11 is 0. The van der Waals surface area contributed by atoms with Gasteiger partial charge in [0, 0.05) is 24.8 Å². The van der Waals surface area contributed by atoms with Gasteiger partial charge in [-0.05, 0) is 37.6 Å². The minimum atomic E-state index is -3.80. The Morgan fingerprint density at radius 1 is 1.20 bits per heavy atom. The molecule has 2 aromatic heterocycles. The molecule has 0 amide bonds. The van der Waals surface area contributed by atoms with E-state index in [0.717, 1.165) is 5.56 Å². The van der Waals surface area contributed by atoms with Gasteiger partial charge in [-0.1, -0.05) is 19.1 Å². The molecule has 0 unspecified atom stereocenters. The quantitative estimate of drug-likeness (QED) is 0.756. The maximum absolute atomic E-state index is 12.7. The van der Waals surface area contributed by atoms with Crippen LogP contribution in [0.5, 0.6) is 0 Å². The summed E-state index contributed by atoms with van der Waals surface area (Å²) in [6.45, 7) is 6.05. The van der Waals surface area contributed by atoms with E-state index < -0.39 is 10.0 Å². The average molecular weight is 360 g/mol. The van der Waals surface area contributed by atoms with Gasteiger partial charge in [0.05, 0.1) is 0 Å². The number of hydrogen-bond donors (Lipinski definition) is 1. The largest absolute Gasteiger partial charge is 0.297 e. The maximum atomic E-state index is 12.7. The highest BCUT2D eigenvalue weighted by atomic mass is 32.2. The van der Waals surface area contributed by atoms with Crippen molar-refractivity contribution in [3.8, 4) is 0 Å². The van der Waals surface area contributed by atoms with E-state index in [1.165, 1.54) is 16.9 Å². The lowest BCUT2D eigenvalue weighted by Crippen LogP contribution is -2.26. The Balaban J connectivity index is 2.12. The zero-order chi connectivity index (χ0) is 18.2. The lowest BCUT2D eigenvalue weighted by molar-refractivity contribution is 0.583. The Morgan fingerprint density at radius 3 is 2.60 bits per heavy atom. The molecule has 0 saturated heterocycles. The van der Waals surface area contributed by atoms with Crippen molar-refractivity contribution in [2.24, 2.45) is 0 Å². The fourth-order valence-corrected chi connectivity index (χ4v) is 3.77. The van der Waals surface area contributed by atoms with E-state index in [-0.39, 0.29) is 10.5 Å². The second-order valence-electron chi connectivity index (χ2n) is 5.80. The van der Waals surface area contributed by atoms with Gasteiger partial charge in [0.25, 0.3) is 15.6 Å². The molecule has 25 heavy (non-hydrogen) atoms. The second-order valence-corrected chi connectivity index (χ2v) is 7.48. The molecular formula is C17H20N4O3S. The number of benzene rings is 1. The van der Waals surface area contributed by atoms with Crippen LogP contribution in [-0.4, -0.2) is 22.6 Å². The average Bonchev–Trinajstić information content (AvgIpc) is 3.02. The molecule has 0 aliphatic carbocycles. The zero-order valence-corrected chi connectivity index (χ0v) is 15.2. The molecular weight excluding hydrogens is 340 g/mol. The molecule has 1 N–H and O–H groups in total. The topological polar surface area (TPSA) is 85.5 Å². The van der Waals surface area contributed by atoms with Crippen molar-refractivity contribution in [1.82, 2.24) is 14.2 Å². The number of hydrogen-bond acceptors (Lipinski definition) is 4. The third-order valence-electron chi connectivity index (χ3n) is 3.96. The number of sulfonamides is 1. The monoisotopic (exact) mass is 360 g/mol. The van der Waals surface area contributed by atoms with Crippen LogP contribution in [0.2, 0.25) is 0 Å². The van der Waals surface area contributed by atoms with Crippen LogP contribution < -0.4 is 10.3 Å². The van der Waals surface area contributed by atoms with Crippen molar-refractivity contribution < 1.29 is 8.42 Å². The van der Waals surface area contributed by atoms with Gasteiger partial charge in [0.2, 0.25) is 0 Å². The molecule has 7 nitrogen and oxygen atoms in total. The number of rotatable bonds is 5. The van der Waals surface area contributed by atoms with Gasteiger partial charge in [-0.25, -0.2) is 13.1 Å². The zero-order valence-electron chi connectivity index (χ0n) is 14.4. The summed E-state index contributed by atoms with van der Waals surface area (Å²) in [4.78, 5) is 12.5. The standard InChI is InChI=1S/C17H20N4O3S/c1-4-16-18-21(5-2)17(22)15-10-14(11-20(15)16)25(23,24)19-13-8-6-7-12(3)9-13/h6-11,19H,4-5H2,1-3H3. The Kier molecular flexibility index (Phi) is 4.38. The number of anilines is 1. The molecule has 3 aromatic rings. The van der Waals surface area contributed by atoms with Crippen molar-refractivity contribution in [3.05, 3.63) is 58.3 Å². The number of nitrogens with zero attached hydrogens (tertiary/aromatic N) is 3. The SMILES string of the molecule is CCc1nn(CC)c(=O)c2cc(S(=O)(=O)Nc3cccc(C)c3)cn12. The van der Waals surface area contributed by atoms with Gasteiger partial charge in [-0.2, -0.15) is 5.10 Å². The fourth-order valence-electron chi connectivity index (χ4n) is 2.71. The molecule has 3 rings (SSSR count). The van der Waals surface area contributed by atoms with Crippen LogP contribution >= 0.6 is 0 Å². The van der Waals surface area contributed by atoms with Gasteiger partial charge < -0.3 is 0 Å². The van der Waals surface area contributed by atoms with Gasteiger partial charge in [-0.15, -0.1) is 0 Å². The third-order valence-corrected chi connectivity index (χ3v) is 5.31. The first-order valence-electron chi connectivity index (χ1n) is 8.07. The highest BCUT2D eigenvalue weighted by Crippen LogP contribution is 2.19. The van der Waals surface area contributed by atoms with Crippen LogP contribution in [0.1, 0.15) is 25.2 Å². The molecule has 132 valence electrons. The van der Waals surface area contributed by atoms with E-state index in [1.54, 1.807) is 22.6 Å². The fraction of sp³-hybridized carbons (Fsp3) is 0.294. The molecule has 0 radical (unpaired) electrons.